The highest BCUT2D eigenvalue weighted by molar-refractivity contribution is 5.81. The number of carbonyl (C=O) groups is 1. The molecule has 0 aliphatic heterocycles. The van der Waals surface area contributed by atoms with Crippen LogP contribution in [0.2, 0.25) is 0 Å². The van der Waals surface area contributed by atoms with Gasteiger partial charge in [0.25, 0.3) is 0 Å². The molecule has 1 saturated carbocycles. The van der Waals surface area contributed by atoms with Crippen LogP contribution in [0.3, 0.4) is 0 Å². The molecule has 0 N–H and O–H groups in total. The van der Waals surface area contributed by atoms with E-state index in [1.807, 2.05) is 0 Å². The Kier molecular flexibility index (Phi) is 7.57. The molecule has 2 aromatic rings. The summed E-state index contributed by atoms with van der Waals surface area (Å²) >= 11 is 0. The van der Waals surface area contributed by atoms with Crippen LogP contribution < -0.4 is 0 Å². The monoisotopic (exact) mass is 412 g/mol. The second-order valence-electron chi connectivity index (χ2n) is 9.56. The smallest absolute Gasteiger partial charge is 0.137 e. The average Bonchev–Trinajstić information content (AvgIpc) is 3.22. The van der Waals surface area contributed by atoms with Gasteiger partial charge in [0.2, 0.25) is 0 Å². The summed E-state index contributed by atoms with van der Waals surface area (Å²) in [6.07, 6.45) is 16.3. The number of Topliss-reactive ketones (excluding diaryl/α,β-unsaturated/α-hetero) is 1. The summed E-state index contributed by atoms with van der Waals surface area (Å²) in [5.74, 6) is 1.73. The van der Waals surface area contributed by atoms with E-state index in [0.717, 1.165) is 17.9 Å². The van der Waals surface area contributed by atoms with Gasteiger partial charge in [0, 0.05) is 18.8 Å². The fraction of sp³-hybridized carbons (Fsp3) is 0.433. The lowest BCUT2D eigenvalue weighted by Crippen LogP contribution is -2.12. The van der Waals surface area contributed by atoms with Gasteiger partial charge in [-0.15, -0.1) is 0 Å². The number of aryl methyl sites for hydroxylation is 1. The van der Waals surface area contributed by atoms with Crippen molar-refractivity contribution in [1.29, 1.82) is 0 Å². The summed E-state index contributed by atoms with van der Waals surface area (Å²) in [5.41, 5.74) is 6.64. The first kappa shape index (κ1) is 21.8. The highest BCUT2D eigenvalue weighted by Gasteiger charge is 2.26. The Morgan fingerprint density at radius 1 is 0.871 bits per heavy atom. The quantitative estimate of drug-likeness (QED) is 0.409. The summed E-state index contributed by atoms with van der Waals surface area (Å²) in [6.45, 7) is 2.09. The minimum absolute atomic E-state index is 0.351. The Hall–Kier alpha value is -2.41. The molecule has 0 amide bonds. The Balaban J connectivity index is 1.37. The molecule has 0 aromatic heterocycles. The van der Waals surface area contributed by atoms with Crippen molar-refractivity contribution in [3.8, 4) is 0 Å². The van der Waals surface area contributed by atoms with E-state index >= 15 is 0 Å². The Morgan fingerprint density at radius 2 is 1.61 bits per heavy atom. The lowest BCUT2D eigenvalue weighted by Gasteiger charge is -2.25. The second-order valence-corrected chi connectivity index (χ2v) is 9.56. The number of ketones is 1. The molecule has 1 nitrogen and oxygen atoms in total. The van der Waals surface area contributed by atoms with Crippen molar-refractivity contribution in [3.63, 3.8) is 0 Å². The zero-order valence-corrected chi connectivity index (χ0v) is 19.0. The summed E-state index contributed by atoms with van der Waals surface area (Å²) in [4.78, 5) is 12.7. The van der Waals surface area contributed by atoms with Crippen molar-refractivity contribution in [3.05, 3.63) is 89.0 Å². The van der Waals surface area contributed by atoms with Crippen molar-refractivity contribution >= 4 is 11.4 Å². The van der Waals surface area contributed by atoms with E-state index < -0.39 is 0 Å². The molecule has 4 rings (SSSR count). The summed E-state index contributed by atoms with van der Waals surface area (Å²) in [7, 11) is 0. The van der Waals surface area contributed by atoms with Gasteiger partial charge in [-0.25, -0.2) is 0 Å². The summed E-state index contributed by atoms with van der Waals surface area (Å²) in [5, 5.41) is 0. The third kappa shape index (κ3) is 6.06. The second kappa shape index (κ2) is 10.8. The van der Waals surface area contributed by atoms with Crippen molar-refractivity contribution in [2.45, 2.75) is 71.1 Å². The highest BCUT2D eigenvalue weighted by Crippen LogP contribution is 2.41. The van der Waals surface area contributed by atoms with Gasteiger partial charge in [-0.1, -0.05) is 110 Å². The normalized spacial score (nSPS) is 19.2. The lowest BCUT2D eigenvalue weighted by molar-refractivity contribution is -0.118. The van der Waals surface area contributed by atoms with Gasteiger partial charge in [-0.05, 0) is 48.8 Å². The summed E-state index contributed by atoms with van der Waals surface area (Å²) in [6, 6.07) is 19.2. The van der Waals surface area contributed by atoms with E-state index in [2.05, 4.69) is 73.7 Å². The van der Waals surface area contributed by atoms with E-state index in [4.69, 9.17) is 0 Å². The van der Waals surface area contributed by atoms with Crippen LogP contribution in [0.5, 0.6) is 0 Å². The van der Waals surface area contributed by atoms with Gasteiger partial charge in [0.05, 0.1) is 0 Å². The van der Waals surface area contributed by atoms with Crippen molar-refractivity contribution in [1.82, 2.24) is 0 Å². The maximum Gasteiger partial charge on any atom is 0.137 e. The topological polar surface area (TPSA) is 17.1 Å². The number of carbonyl (C=O) groups excluding carboxylic acids is 1. The SMILES string of the molecule is Cc1ccc(CC(=O)CCC2=CC=C(c3ccccc3)C2CCC2CCCCC2)cc1. The molecule has 162 valence electrons. The number of allylic oxidation sites excluding steroid dienone is 4. The largest absolute Gasteiger partial charge is 0.299 e. The zero-order chi connectivity index (χ0) is 21.5. The highest BCUT2D eigenvalue weighted by atomic mass is 16.1. The fourth-order valence-corrected chi connectivity index (χ4v) is 5.34. The van der Waals surface area contributed by atoms with Crippen LogP contribution in [-0.2, 0) is 11.2 Å². The predicted octanol–water partition coefficient (Wildman–Crippen LogP) is 7.89. The minimum Gasteiger partial charge on any atom is -0.299 e. The number of hydrogen-bond acceptors (Lipinski definition) is 1. The average molecular weight is 413 g/mol. The number of hydrogen-bond donors (Lipinski definition) is 0. The first-order valence-electron chi connectivity index (χ1n) is 12.2. The van der Waals surface area contributed by atoms with Crippen LogP contribution >= 0.6 is 0 Å². The van der Waals surface area contributed by atoms with Gasteiger partial charge in [-0.2, -0.15) is 0 Å². The van der Waals surface area contributed by atoms with Gasteiger partial charge >= 0.3 is 0 Å². The maximum atomic E-state index is 12.7. The van der Waals surface area contributed by atoms with Crippen LogP contribution in [0.1, 0.15) is 74.5 Å². The molecular weight excluding hydrogens is 376 g/mol. The molecule has 2 aliphatic rings. The maximum absolute atomic E-state index is 12.7. The third-order valence-corrected chi connectivity index (χ3v) is 7.21. The van der Waals surface area contributed by atoms with E-state index in [1.165, 1.54) is 67.2 Å². The molecular formula is C30H36O. The fourth-order valence-electron chi connectivity index (χ4n) is 5.34. The molecule has 1 fully saturated rings. The molecule has 1 atom stereocenters. The first-order valence-corrected chi connectivity index (χ1v) is 12.2. The van der Waals surface area contributed by atoms with Crippen LogP contribution in [0.15, 0.2) is 72.3 Å². The van der Waals surface area contributed by atoms with Gasteiger partial charge < -0.3 is 0 Å². The molecule has 0 radical (unpaired) electrons. The molecule has 0 bridgehead atoms. The van der Waals surface area contributed by atoms with Crippen molar-refractivity contribution in [2.24, 2.45) is 11.8 Å². The Labute approximate surface area is 188 Å². The van der Waals surface area contributed by atoms with Gasteiger partial charge in [-0.3, -0.25) is 4.79 Å². The summed E-state index contributed by atoms with van der Waals surface area (Å²) < 4.78 is 0. The van der Waals surface area contributed by atoms with E-state index in [9.17, 15) is 4.79 Å². The zero-order valence-electron chi connectivity index (χ0n) is 19.0. The van der Waals surface area contributed by atoms with Crippen LogP contribution in [0, 0.1) is 18.8 Å². The van der Waals surface area contributed by atoms with E-state index in [1.54, 1.807) is 0 Å². The Morgan fingerprint density at radius 3 is 2.35 bits per heavy atom. The third-order valence-electron chi connectivity index (χ3n) is 7.21. The van der Waals surface area contributed by atoms with E-state index in [0.29, 0.717) is 24.5 Å². The predicted molar refractivity (Wildman–Crippen MR) is 131 cm³/mol. The molecule has 0 heterocycles. The van der Waals surface area contributed by atoms with Crippen molar-refractivity contribution in [2.75, 3.05) is 0 Å². The molecule has 1 heteroatoms. The van der Waals surface area contributed by atoms with Crippen LogP contribution in [0.4, 0.5) is 0 Å². The minimum atomic E-state index is 0.351. The number of benzene rings is 2. The molecule has 2 aliphatic carbocycles. The van der Waals surface area contributed by atoms with E-state index in [-0.39, 0.29) is 0 Å². The molecule has 1 unspecified atom stereocenters. The van der Waals surface area contributed by atoms with Gasteiger partial charge in [0.15, 0.2) is 0 Å². The van der Waals surface area contributed by atoms with Gasteiger partial charge in [0.1, 0.15) is 5.78 Å². The van der Waals surface area contributed by atoms with Crippen molar-refractivity contribution < 1.29 is 4.79 Å². The number of rotatable bonds is 9. The molecule has 31 heavy (non-hydrogen) atoms. The standard InChI is InChI=1S/C30H36O/c1-23-12-14-25(15-13-23)22-28(31)19-17-27-18-21-30(26-10-6-3-7-11-26)29(27)20-16-24-8-4-2-5-9-24/h3,6-7,10-15,18,21,24,29H,2,4-5,8-9,16-17,19-20,22H2,1H3. The lowest BCUT2D eigenvalue weighted by atomic mass is 9.79. The molecule has 0 saturated heterocycles. The van der Waals surface area contributed by atoms with Crippen LogP contribution in [0.25, 0.3) is 5.57 Å². The molecule has 0 spiro atoms. The Bertz CT molecular complexity index is 911. The molecule has 2 aromatic carbocycles. The first-order chi connectivity index (χ1) is 15.2. The van der Waals surface area contributed by atoms with Crippen LogP contribution in [-0.4, -0.2) is 5.78 Å².